The van der Waals surface area contributed by atoms with Gasteiger partial charge in [0, 0.05) is 28.5 Å². The van der Waals surface area contributed by atoms with E-state index in [2.05, 4.69) is 20.8 Å². The Kier molecular flexibility index (Phi) is 2.72. The maximum atomic E-state index is 12.1. The maximum Gasteiger partial charge on any atom is 0.257 e. The van der Waals surface area contributed by atoms with Crippen molar-refractivity contribution in [2.24, 2.45) is 0 Å². The molecule has 0 radical (unpaired) electrons. The van der Waals surface area contributed by atoms with Crippen LogP contribution in [0.2, 0.25) is 0 Å². The Labute approximate surface area is 127 Å². The van der Waals surface area contributed by atoms with Crippen LogP contribution in [0.15, 0.2) is 48.8 Å². The number of fused-ring (bicyclic) bond motifs is 2. The highest BCUT2D eigenvalue weighted by Crippen LogP contribution is 2.34. The number of rotatable bonds is 2. The Balaban J connectivity index is 1.70. The fourth-order valence-corrected chi connectivity index (χ4v) is 2.75. The molecular weight excluding hydrogens is 276 g/mol. The van der Waals surface area contributed by atoms with Gasteiger partial charge in [-0.25, -0.2) is 0 Å². The average molecular weight is 290 g/mol. The lowest BCUT2D eigenvalue weighted by molar-refractivity contribution is -0.110. The molecule has 22 heavy (non-hydrogen) atoms. The van der Waals surface area contributed by atoms with E-state index in [0.29, 0.717) is 5.57 Å². The van der Waals surface area contributed by atoms with E-state index in [0.717, 1.165) is 33.4 Å². The lowest BCUT2D eigenvalue weighted by atomic mass is 10.0. The van der Waals surface area contributed by atoms with Crippen molar-refractivity contribution in [3.63, 3.8) is 0 Å². The Morgan fingerprint density at radius 1 is 1.23 bits per heavy atom. The van der Waals surface area contributed by atoms with Crippen LogP contribution in [-0.2, 0) is 4.79 Å². The molecular formula is C17H14N4O. The zero-order valence-electron chi connectivity index (χ0n) is 12.0. The van der Waals surface area contributed by atoms with Crippen LogP contribution >= 0.6 is 0 Å². The molecule has 0 unspecified atom stereocenters. The van der Waals surface area contributed by atoms with Gasteiger partial charge in [0.15, 0.2) is 0 Å². The molecule has 108 valence electrons. The maximum absolute atomic E-state index is 12.1. The molecule has 0 spiro atoms. The van der Waals surface area contributed by atoms with Crippen LogP contribution in [0.5, 0.6) is 0 Å². The van der Waals surface area contributed by atoms with Crippen LogP contribution in [-0.4, -0.2) is 16.1 Å². The summed E-state index contributed by atoms with van der Waals surface area (Å²) in [5.41, 5.74) is 5.41. The van der Waals surface area contributed by atoms with Gasteiger partial charge in [0.25, 0.3) is 5.91 Å². The second-order valence-electron chi connectivity index (χ2n) is 5.33. The Hall–Kier alpha value is -3.08. The number of aromatic amines is 1. The minimum absolute atomic E-state index is 0.0839. The largest absolute Gasteiger partial charge is 0.361 e. The molecule has 0 saturated heterocycles. The number of hydrogen-bond donors (Lipinski definition) is 3. The molecule has 4 rings (SSSR count). The number of hydrogen-bond acceptors (Lipinski definition) is 3. The first-order valence-corrected chi connectivity index (χ1v) is 7.03. The predicted molar refractivity (Wildman–Crippen MR) is 87.5 cm³/mol. The third-order valence-corrected chi connectivity index (χ3v) is 3.86. The topological polar surface area (TPSA) is 69.8 Å². The minimum Gasteiger partial charge on any atom is -0.361 e. The monoisotopic (exact) mass is 290 g/mol. The van der Waals surface area contributed by atoms with Crippen LogP contribution < -0.4 is 10.6 Å². The van der Waals surface area contributed by atoms with Crippen molar-refractivity contribution in [1.29, 1.82) is 0 Å². The summed E-state index contributed by atoms with van der Waals surface area (Å²) in [7, 11) is 0. The van der Waals surface area contributed by atoms with Crippen molar-refractivity contribution in [2.75, 3.05) is 10.6 Å². The van der Waals surface area contributed by atoms with Gasteiger partial charge >= 0.3 is 0 Å². The number of carbonyl (C=O) groups is 1. The number of aryl methyl sites for hydroxylation is 1. The number of benzene rings is 2. The number of nitrogens with one attached hydrogen (secondary N) is 3. The molecule has 1 amide bonds. The van der Waals surface area contributed by atoms with E-state index in [1.54, 1.807) is 12.4 Å². The van der Waals surface area contributed by atoms with Crippen molar-refractivity contribution in [3.05, 3.63) is 59.9 Å². The van der Waals surface area contributed by atoms with Crippen molar-refractivity contribution in [1.82, 2.24) is 10.2 Å². The van der Waals surface area contributed by atoms with Gasteiger partial charge in [-0.3, -0.25) is 9.89 Å². The van der Waals surface area contributed by atoms with Gasteiger partial charge in [-0.1, -0.05) is 12.1 Å². The van der Waals surface area contributed by atoms with Crippen molar-refractivity contribution >= 4 is 33.8 Å². The van der Waals surface area contributed by atoms with Crippen LogP contribution in [0, 0.1) is 6.92 Å². The summed E-state index contributed by atoms with van der Waals surface area (Å²) in [5, 5.41) is 14.1. The molecule has 0 fully saturated rings. The normalized spacial score (nSPS) is 15.1. The molecule has 5 heteroatoms. The van der Waals surface area contributed by atoms with Gasteiger partial charge < -0.3 is 10.6 Å². The molecule has 0 bridgehead atoms. The summed E-state index contributed by atoms with van der Waals surface area (Å²) in [5.74, 6) is -0.0839. The lowest BCUT2D eigenvalue weighted by Gasteiger charge is -2.05. The van der Waals surface area contributed by atoms with E-state index in [4.69, 9.17) is 0 Å². The summed E-state index contributed by atoms with van der Waals surface area (Å²) in [6.07, 6.45) is 3.54. The molecule has 2 heterocycles. The first-order valence-electron chi connectivity index (χ1n) is 7.03. The molecule has 2 aromatic carbocycles. The second-order valence-corrected chi connectivity index (χ2v) is 5.33. The van der Waals surface area contributed by atoms with E-state index < -0.39 is 0 Å². The predicted octanol–water partition coefficient (Wildman–Crippen LogP) is 3.28. The van der Waals surface area contributed by atoms with E-state index in [-0.39, 0.29) is 5.91 Å². The fraction of sp³-hybridized carbons (Fsp3) is 0.0588. The molecule has 1 aliphatic rings. The standard InChI is InChI=1S/C17H14N4O/c1-10-3-2-4-14-16(10)13(17(22)20-14)9-18-12-6-5-11-8-19-21-15(11)7-12/h2-9,18H,1H3,(H,19,21)(H,20,22)/b13-9+. The van der Waals surface area contributed by atoms with E-state index >= 15 is 0 Å². The van der Waals surface area contributed by atoms with Crippen molar-refractivity contribution < 1.29 is 4.79 Å². The fourth-order valence-electron chi connectivity index (χ4n) is 2.75. The van der Waals surface area contributed by atoms with Crippen molar-refractivity contribution in [2.45, 2.75) is 6.92 Å². The number of H-pyrrole nitrogens is 1. The van der Waals surface area contributed by atoms with Gasteiger partial charge in [0.1, 0.15) is 0 Å². The van der Waals surface area contributed by atoms with Crippen LogP contribution in [0.4, 0.5) is 11.4 Å². The van der Waals surface area contributed by atoms with Crippen LogP contribution in [0.1, 0.15) is 11.1 Å². The summed E-state index contributed by atoms with van der Waals surface area (Å²) in [4.78, 5) is 12.1. The van der Waals surface area contributed by atoms with Gasteiger partial charge in [0.05, 0.1) is 17.3 Å². The highest BCUT2D eigenvalue weighted by molar-refractivity contribution is 6.32. The highest BCUT2D eigenvalue weighted by Gasteiger charge is 2.25. The summed E-state index contributed by atoms with van der Waals surface area (Å²) in [6, 6.07) is 11.8. The Morgan fingerprint density at radius 2 is 2.14 bits per heavy atom. The van der Waals surface area contributed by atoms with Gasteiger partial charge in [0.2, 0.25) is 0 Å². The molecule has 0 saturated carbocycles. The highest BCUT2D eigenvalue weighted by atomic mass is 16.2. The molecule has 3 N–H and O–H groups in total. The molecule has 5 nitrogen and oxygen atoms in total. The smallest absolute Gasteiger partial charge is 0.257 e. The van der Waals surface area contributed by atoms with Gasteiger partial charge in [-0.2, -0.15) is 5.10 Å². The summed E-state index contributed by atoms with van der Waals surface area (Å²) < 4.78 is 0. The third-order valence-electron chi connectivity index (χ3n) is 3.86. The Bertz CT molecular complexity index is 923. The first kappa shape index (κ1) is 12.6. The zero-order valence-corrected chi connectivity index (χ0v) is 12.0. The average Bonchev–Trinajstić information content (AvgIpc) is 3.09. The second kappa shape index (κ2) is 4.73. The van der Waals surface area contributed by atoms with E-state index in [9.17, 15) is 4.79 Å². The zero-order chi connectivity index (χ0) is 15.1. The lowest BCUT2D eigenvalue weighted by Crippen LogP contribution is -2.05. The van der Waals surface area contributed by atoms with Crippen molar-refractivity contribution in [3.8, 4) is 0 Å². The van der Waals surface area contributed by atoms with Gasteiger partial charge in [-0.05, 0) is 36.8 Å². The SMILES string of the molecule is Cc1cccc2c1/C(=C\Nc1ccc3cn[nH]c3c1)C(=O)N2. The first-order chi connectivity index (χ1) is 10.7. The molecule has 1 aromatic heterocycles. The molecule has 0 aliphatic carbocycles. The van der Waals surface area contributed by atoms with Gasteiger partial charge in [-0.15, -0.1) is 0 Å². The van der Waals surface area contributed by atoms with Crippen LogP contribution in [0.3, 0.4) is 0 Å². The third kappa shape index (κ3) is 1.95. The number of nitrogens with zero attached hydrogens (tertiary/aromatic N) is 1. The number of amides is 1. The minimum atomic E-state index is -0.0839. The molecule has 0 atom stereocenters. The van der Waals surface area contributed by atoms with Crippen LogP contribution in [0.25, 0.3) is 16.5 Å². The number of anilines is 2. The number of carbonyl (C=O) groups excluding carboxylic acids is 1. The summed E-state index contributed by atoms with van der Waals surface area (Å²) >= 11 is 0. The molecule has 3 aromatic rings. The quantitative estimate of drug-likeness (QED) is 0.634. The van der Waals surface area contributed by atoms with E-state index in [1.165, 1.54) is 0 Å². The number of aromatic nitrogens is 2. The summed E-state index contributed by atoms with van der Waals surface area (Å²) in [6.45, 7) is 2.00. The van der Waals surface area contributed by atoms with E-state index in [1.807, 2.05) is 43.3 Å². The molecule has 1 aliphatic heterocycles. The Morgan fingerprint density at radius 3 is 3.05 bits per heavy atom.